The normalized spacial score (nSPS) is 9.61. The zero-order valence-corrected chi connectivity index (χ0v) is 30.1. The molecule has 0 N–H and O–H groups in total. The molecule has 8 aromatic rings. The van der Waals surface area contributed by atoms with E-state index < -0.39 is 0 Å². The number of hydrogen-bond acceptors (Lipinski definition) is 6. The molecule has 0 unspecified atom stereocenters. The Morgan fingerprint density at radius 1 is 0.294 bits per heavy atom. The Bertz CT molecular complexity index is 1740. The van der Waals surface area contributed by atoms with Gasteiger partial charge in [-0.3, -0.25) is 29.9 Å². The fourth-order valence-corrected chi connectivity index (χ4v) is 4.47. The van der Waals surface area contributed by atoms with Crippen LogP contribution in [-0.4, -0.2) is 29.9 Å². The van der Waals surface area contributed by atoms with E-state index in [0.29, 0.717) is 0 Å². The third kappa shape index (κ3) is 12.7. The van der Waals surface area contributed by atoms with Gasteiger partial charge >= 0.3 is 0 Å². The fourth-order valence-electron chi connectivity index (χ4n) is 4.47. The van der Waals surface area contributed by atoms with Gasteiger partial charge in [0.15, 0.2) is 24.8 Å². The predicted octanol–water partition coefficient (Wildman–Crippen LogP) is 7.43. The van der Waals surface area contributed by atoms with Gasteiger partial charge in [0, 0.05) is 80.9 Å². The molecule has 0 saturated carbocycles. The molecule has 0 atom stereocenters. The van der Waals surface area contributed by atoms with Crippen molar-refractivity contribution in [1.29, 1.82) is 0 Å². The maximum atomic E-state index is 4.19. The van der Waals surface area contributed by atoms with Crippen LogP contribution in [0.15, 0.2) is 195 Å². The van der Waals surface area contributed by atoms with Crippen molar-refractivity contribution in [2.75, 3.05) is 0 Å². The van der Waals surface area contributed by atoms with Gasteiger partial charge in [0.25, 0.3) is 0 Å². The average Bonchev–Trinajstić information content (AvgIpc) is 3.21. The van der Waals surface area contributed by atoms with Crippen LogP contribution in [0.2, 0.25) is 0 Å². The zero-order chi connectivity index (χ0) is 34.6. The summed E-state index contributed by atoms with van der Waals surface area (Å²) in [7, 11) is 4.05. The van der Waals surface area contributed by atoms with Gasteiger partial charge < -0.3 is 0 Å². The second-order valence-corrected chi connectivity index (χ2v) is 10.8. The first-order valence-electron chi connectivity index (χ1n) is 16.0. The number of aromatic nitrogens is 8. The summed E-state index contributed by atoms with van der Waals surface area (Å²) in [6.07, 6.45) is 18.8. The fraction of sp³-hybridized carbons (Fsp3) is 0.0476. The maximum Gasteiger partial charge on any atom is 0.169 e. The summed E-state index contributed by atoms with van der Waals surface area (Å²) >= 11 is 0. The Morgan fingerprint density at radius 2 is 0.490 bits per heavy atom. The summed E-state index contributed by atoms with van der Waals surface area (Å²) in [6, 6.07) is 43.3. The van der Waals surface area contributed by atoms with Gasteiger partial charge in [0.05, 0.1) is 34.2 Å². The molecule has 0 saturated heterocycles. The van der Waals surface area contributed by atoms with Crippen molar-refractivity contribution >= 4 is 0 Å². The van der Waals surface area contributed by atoms with Crippen molar-refractivity contribution < 1.29 is 28.6 Å². The smallest absolute Gasteiger partial charge is 0.169 e. The Hall–Kier alpha value is -6.18. The third-order valence-electron chi connectivity index (χ3n) is 7.07. The minimum absolute atomic E-state index is 0. The Balaban J connectivity index is 0.000000152. The summed E-state index contributed by atoms with van der Waals surface area (Å²) in [4.78, 5) is 25.1. The molecule has 8 heterocycles. The van der Waals surface area contributed by atoms with Gasteiger partial charge in [-0.1, -0.05) is 36.4 Å². The minimum atomic E-state index is 0. The molecule has 51 heavy (non-hydrogen) atoms. The van der Waals surface area contributed by atoms with Gasteiger partial charge in [0.2, 0.25) is 0 Å². The summed E-state index contributed by atoms with van der Waals surface area (Å²) < 4.78 is 4.07. The minimum Gasteiger partial charge on any atom is -0.255 e. The largest absolute Gasteiger partial charge is 0.255 e. The van der Waals surface area contributed by atoms with Crippen molar-refractivity contribution in [3.05, 3.63) is 195 Å². The SMILES string of the molecule is C[n+]1ccc(-c2cc[n+](C)cc2)cc1.[Ru].c1ccc(-c2ccccn2)nc1.c1ccc(-c2ccccn2)nc1.c1ccc(-c2ccccn2)nc1. The Kier molecular flexibility index (Phi) is 15.5. The first kappa shape index (κ1) is 37.6. The van der Waals surface area contributed by atoms with E-state index in [-0.39, 0.29) is 19.5 Å². The molecular formula is C42H38N8Ru+2. The van der Waals surface area contributed by atoms with Crippen molar-refractivity contribution in [2.45, 2.75) is 0 Å². The van der Waals surface area contributed by atoms with Crippen LogP contribution < -0.4 is 9.13 Å². The summed E-state index contributed by atoms with van der Waals surface area (Å²) in [5.41, 5.74) is 8.00. The van der Waals surface area contributed by atoms with Crippen LogP contribution >= 0.6 is 0 Å². The topological polar surface area (TPSA) is 85.1 Å². The van der Waals surface area contributed by atoms with Crippen LogP contribution in [0, 0.1) is 0 Å². The Morgan fingerprint density at radius 3 is 0.647 bits per heavy atom. The number of pyridine rings is 8. The van der Waals surface area contributed by atoms with Gasteiger partial charge in [0.1, 0.15) is 14.1 Å². The van der Waals surface area contributed by atoms with Crippen LogP contribution in [0.4, 0.5) is 0 Å². The molecule has 0 spiro atoms. The van der Waals surface area contributed by atoms with E-state index >= 15 is 0 Å². The van der Waals surface area contributed by atoms with E-state index in [4.69, 9.17) is 0 Å². The van der Waals surface area contributed by atoms with Crippen molar-refractivity contribution in [1.82, 2.24) is 29.9 Å². The van der Waals surface area contributed by atoms with Crippen molar-refractivity contribution in [3.8, 4) is 45.3 Å². The van der Waals surface area contributed by atoms with Crippen LogP contribution in [0.5, 0.6) is 0 Å². The molecule has 252 valence electrons. The predicted molar refractivity (Wildman–Crippen MR) is 197 cm³/mol. The van der Waals surface area contributed by atoms with Crippen LogP contribution in [0.1, 0.15) is 0 Å². The molecule has 0 fully saturated rings. The molecule has 0 amide bonds. The van der Waals surface area contributed by atoms with Gasteiger partial charge in [-0.2, -0.15) is 0 Å². The molecule has 0 aliphatic heterocycles. The quantitative estimate of drug-likeness (QED) is 0.137. The van der Waals surface area contributed by atoms with Gasteiger partial charge in [-0.05, 0) is 83.9 Å². The monoisotopic (exact) mass is 756 g/mol. The molecule has 0 aromatic carbocycles. The molecule has 0 aliphatic rings. The summed E-state index contributed by atoms with van der Waals surface area (Å²) in [5, 5.41) is 0. The van der Waals surface area contributed by atoms with E-state index in [1.807, 2.05) is 132 Å². The molecule has 0 aliphatic carbocycles. The van der Waals surface area contributed by atoms with Crippen LogP contribution in [-0.2, 0) is 33.6 Å². The van der Waals surface area contributed by atoms with Gasteiger partial charge in [-0.25, -0.2) is 9.13 Å². The average molecular weight is 756 g/mol. The number of hydrogen-bond donors (Lipinski definition) is 0. The van der Waals surface area contributed by atoms with Crippen LogP contribution in [0.25, 0.3) is 45.3 Å². The van der Waals surface area contributed by atoms with E-state index in [2.05, 4.69) is 79.0 Å². The van der Waals surface area contributed by atoms with Crippen molar-refractivity contribution in [3.63, 3.8) is 0 Å². The molecule has 0 radical (unpaired) electrons. The molecule has 8 rings (SSSR count). The Labute approximate surface area is 312 Å². The first-order chi connectivity index (χ1) is 24.7. The van der Waals surface area contributed by atoms with Crippen LogP contribution in [0.3, 0.4) is 0 Å². The van der Waals surface area contributed by atoms with Gasteiger partial charge in [-0.15, -0.1) is 0 Å². The zero-order valence-electron chi connectivity index (χ0n) is 28.4. The first-order valence-corrected chi connectivity index (χ1v) is 16.0. The number of nitrogens with zero attached hydrogens (tertiary/aromatic N) is 8. The molecule has 8 aromatic heterocycles. The molecule has 0 bridgehead atoms. The standard InChI is InChI=1S/C12H14N2.3C10H8N2.Ru/c1-13-7-3-11(4-8-13)12-5-9-14(2)10-6-12;3*1-3-7-11-9(5-1)10-6-2-4-8-12-10;/h3-10H,1-2H3;3*1-8H;/q+2;;;;. The van der Waals surface area contributed by atoms with E-state index in [1.54, 1.807) is 37.2 Å². The maximum absolute atomic E-state index is 4.19. The van der Waals surface area contributed by atoms with E-state index in [1.165, 1.54) is 11.1 Å². The second-order valence-electron chi connectivity index (χ2n) is 10.8. The van der Waals surface area contributed by atoms with E-state index in [0.717, 1.165) is 34.2 Å². The summed E-state index contributed by atoms with van der Waals surface area (Å²) in [6.45, 7) is 0. The van der Waals surface area contributed by atoms with E-state index in [9.17, 15) is 0 Å². The molecule has 9 heteroatoms. The molecule has 8 nitrogen and oxygen atoms in total. The summed E-state index contributed by atoms with van der Waals surface area (Å²) in [5.74, 6) is 0. The van der Waals surface area contributed by atoms with Crippen molar-refractivity contribution in [2.24, 2.45) is 14.1 Å². The second kappa shape index (κ2) is 21.0. The molecular weight excluding hydrogens is 718 g/mol. The number of aryl methyl sites for hydroxylation is 2. The number of rotatable bonds is 4. The third-order valence-corrected chi connectivity index (χ3v) is 7.07.